The summed E-state index contributed by atoms with van der Waals surface area (Å²) < 4.78 is 13.5. The number of rotatable bonds is 3. The lowest BCUT2D eigenvalue weighted by molar-refractivity contribution is -0.148. The lowest BCUT2D eigenvalue weighted by atomic mass is 9.78. The molecule has 0 saturated heterocycles. The van der Waals surface area contributed by atoms with Crippen molar-refractivity contribution in [1.82, 2.24) is 0 Å². The van der Waals surface area contributed by atoms with Crippen LogP contribution in [0.15, 0.2) is 42.5 Å². The molecule has 0 saturated carbocycles. The summed E-state index contributed by atoms with van der Waals surface area (Å²) in [6.07, 6.45) is 1.38. The Hall–Kier alpha value is -2.16. The number of fused-ring (bicyclic) bond motifs is 1. The fraction of sp³-hybridized carbons (Fsp3) is 0.278. The zero-order chi connectivity index (χ0) is 15.0. The normalized spacial score (nSPS) is 15.7. The first kappa shape index (κ1) is 13.8. The van der Waals surface area contributed by atoms with Crippen LogP contribution in [0.1, 0.15) is 22.3 Å². The van der Waals surface area contributed by atoms with E-state index in [1.165, 1.54) is 12.1 Å². The highest BCUT2D eigenvalue weighted by Gasteiger charge is 2.44. The number of hydrogen-bond acceptors (Lipinski definition) is 1. The number of carboxylic acids is 1. The van der Waals surface area contributed by atoms with Crippen LogP contribution in [0.4, 0.5) is 4.39 Å². The molecule has 0 fully saturated rings. The highest BCUT2D eigenvalue weighted by molar-refractivity contribution is 5.77. The van der Waals surface area contributed by atoms with Crippen molar-refractivity contribution in [1.29, 1.82) is 0 Å². The fourth-order valence-corrected chi connectivity index (χ4v) is 3.24. The quantitative estimate of drug-likeness (QED) is 0.936. The van der Waals surface area contributed by atoms with Crippen molar-refractivity contribution >= 4 is 5.97 Å². The lowest BCUT2D eigenvalue weighted by Crippen LogP contribution is -2.34. The van der Waals surface area contributed by atoms with Crippen molar-refractivity contribution in [2.45, 2.75) is 26.2 Å². The van der Waals surface area contributed by atoms with Gasteiger partial charge in [-0.05, 0) is 60.6 Å². The molecule has 2 nitrogen and oxygen atoms in total. The predicted molar refractivity (Wildman–Crippen MR) is 78.8 cm³/mol. The van der Waals surface area contributed by atoms with Crippen LogP contribution in [-0.4, -0.2) is 11.1 Å². The minimum atomic E-state index is -0.859. The van der Waals surface area contributed by atoms with Crippen molar-refractivity contribution in [3.63, 3.8) is 0 Å². The van der Waals surface area contributed by atoms with Gasteiger partial charge in [0.1, 0.15) is 5.82 Å². The molecule has 0 radical (unpaired) electrons. The summed E-state index contributed by atoms with van der Waals surface area (Å²) in [5, 5.41) is 9.76. The average molecular weight is 284 g/mol. The Kier molecular flexibility index (Phi) is 3.28. The third-order valence-electron chi connectivity index (χ3n) is 4.47. The predicted octanol–water partition coefficient (Wildman–Crippen LogP) is 3.55. The van der Waals surface area contributed by atoms with Gasteiger partial charge in [0.25, 0.3) is 0 Å². The molecule has 0 aliphatic heterocycles. The van der Waals surface area contributed by atoms with E-state index in [-0.39, 0.29) is 5.82 Å². The van der Waals surface area contributed by atoms with Crippen LogP contribution in [0, 0.1) is 18.2 Å². The molecule has 108 valence electrons. The van der Waals surface area contributed by atoms with Crippen LogP contribution in [0.2, 0.25) is 0 Å². The molecule has 21 heavy (non-hydrogen) atoms. The largest absolute Gasteiger partial charge is 0.481 e. The summed E-state index contributed by atoms with van der Waals surface area (Å²) in [6, 6.07) is 12.4. The van der Waals surface area contributed by atoms with Gasteiger partial charge in [-0.1, -0.05) is 30.3 Å². The minimum Gasteiger partial charge on any atom is -0.481 e. The number of hydrogen-bond donors (Lipinski definition) is 1. The van der Waals surface area contributed by atoms with Crippen LogP contribution in [-0.2, 0) is 24.1 Å². The summed E-state index contributed by atoms with van der Waals surface area (Å²) in [7, 11) is 0. The van der Waals surface area contributed by atoms with Crippen LogP contribution < -0.4 is 0 Å². The topological polar surface area (TPSA) is 37.3 Å². The van der Waals surface area contributed by atoms with Gasteiger partial charge in [0.2, 0.25) is 0 Å². The number of aliphatic carboxylic acids is 1. The van der Waals surface area contributed by atoms with Gasteiger partial charge in [0, 0.05) is 0 Å². The Morgan fingerprint density at radius 1 is 1.19 bits per heavy atom. The monoisotopic (exact) mass is 284 g/mol. The smallest absolute Gasteiger partial charge is 0.310 e. The summed E-state index contributed by atoms with van der Waals surface area (Å²) in [4.78, 5) is 11.9. The molecule has 3 rings (SSSR count). The summed E-state index contributed by atoms with van der Waals surface area (Å²) in [6.45, 7) is 1.90. The molecule has 1 aliphatic rings. The molecule has 0 atom stereocenters. The number of carboxylic acid groups (broad SMARTS) is 1. The molecule has 0 amide bonds. The van der Waals surface area contributed by atoms with E-state index in [2.05, 4.69) is 0 Å². The SMILES string of the molecule is Cc1ccc(F)cc1CC1(C(=O)O)Cc2ccccc2C1. The first-order valence-corrected chi connectivity index (χ1v) is 7.05. The van der Waals surface area contributed by atoms with Gasteiger partial charge in [-0.2, -0.15) is 0 Å². The number of aryl methyl sites for hydroxylation is 1. The van der Waals surface area contributed by atoms with E-state index in [0.717, 1.165) is 22.3 Å². The van der Waals surface area contributed by atoms with Crippen molar-refractivity contribution in [3.05, 3.63) is 70.5 Å². The van der Waals surface area contributed by atoms with Gasteiger partial charge in [0.05, 0.1) is 5.41 Å². The van der Waals surface area contributed by atoms with Crippen LogP contribution in [0.25, 0.3) is 0 Å². The first-order chi connectivity index (χ1) is 10.00. The zero-order valence-electron chi connectivity index (χ0n) is 11.9. The molecule has 1 N–H and O–H groups in total. The van der Waals surface area contributed by atoms with Gasteiger partial charge >= 0.3 is 5.97 Å². The molecule has 0 bridgehead atoms. The van der Waals surface area contributed by atoms with Gasteiger partial charge < -0.3 is 5.11 Å². The van der Waals surface area contributed by atoms with Crippen molar-refractivity contribution in [2.24, 2.45) is 5.41 Å². The van der Waals surface area contributed by atoms with E-state index >= 15 is 0 Å². The molecular formula is C18H17FO2. The molecule has 0 spiro atoms. The van der Waals surface area contributed by atoms with Gasteiger partial charge in [-0.3, -0.25) is 4.79 Å². The van der Waals surface area contributed by atoms with E-state index < -0.39 is 11.4 Å². The number of benzene rings is 2. The summed E-state index contributed by atoms with van der Waals surface area (Å²) in [5.74, 6) is -1.12. The molecule has 3 heteroatoms. The first-order valence-electron chi connectivity index (χ1n) is 7.05. The van der Waals surface area contributed by atoms with E-state index in [9.17, 15) is 14.3 Å². The van der Waals surface area contributed by atoms with E-state index in [1.807, 2.05) is 31.2 Å². The van der Waals surface area contributed by atoms with Crippen LogP contribution >= 0.6 is 0 Å². The molecule has 1 aliphatic carbocycles. The molecule has 0 heterocycles. The van der Waals surface area contributed by atoms with E-state index in [0.29, 0.717) is 19.3 Å². The minimum absolute atomic E-state index is 0.313. The van der Waals surface area contributed by atoms with Crippen LogP contribution in [0.3, 0.4) is 0 Å². The van der Waals surface area contributed by atoms with E-state index in [1.54, 1.807) is 6.07 Å². The van der Waals surface area contributed by atoms with Crippen molar-refractivity contribution < 1.29 is 14.3 Å². The Bertz CT molecular complexity index is 681. The maximum atomic E-state index is 13.5. The highest BCUT2D eigenvalue weighted by Crippen LogP contribution is 2.40. The maximum absolute atomic E-state index is 13.5. The number of carbonyl (C=O) groups is 1. The third kappa shape index (κ3) is 2.44. The Morgan fingerprint density at radius 3 is 2.38 bits per heavy atom. The highest BCUT2D eigenvalue weighted by atomic mass is 19.1. The maximum Gasteiger partial charge on any atom is 0.310 e. The Balaban J connectivity index is 1.98. The van der Waals surface area contributed by atoms with Gasteiger partial charge in [-0.15, -0.1) is 0 Å². The van der Waals surface area contributed by atoms with Gasteiger partial charge in [-0.25, -0.2) is 4.39 Å². The molecule has 2 aromatic carbocycles. The Morgan fingerprint density at radius 2 is 1.81 bits per heavy atom. The zero-order valence-corrected chi connectivity index (χ0v) is 11.9. The molecule has 0 aromatic heterocycles. The average Bonchev–Trinajstić information content (AvgIpc) is 2.82. The Labute approximate surface area is 123 Å². The second-order valence-electron chi connectivity index (χ2n) is 5.96. The second-order valence-corrected chi connectivity index (χ2v) is 5.96. The fourth-order valence-electron chi connectivity index (χ4n) is 3.24. The lowest BCUT2D eigenvalue weighted by Gasteiger charge is -2.25. The van der Waals surface area contributed by atoms with Crippen LogP contribution in [0.5, 0.6) is 0 Å². The van der Waals surface area contributed by atoms with Crippen molar-refractivity contribution in [3.8, 4) is 0 Å². The second kappa shape index (κ2) is 4.99. The molecule has 0 unspecified atom stereocenters. The van der Waals surface area contributed by atoms with Gasteiger partial charge in [0.15, 0.2) is 0 Å². The number of halogens is 1. The summed E-state index contributed by atoms with van der Waals surface area (Å²) in [5.41, 5.74) is 3.04. The molecular weight excluding hydrogens is 267 g/mol. The molecule has 2 aromatic rings. The van der Waals surface area contributed by atoms with E-state index in [4.69, 9.17) is 0 Å². The standard InChI is InChI=1S/C18H17FO2/c1-12-6-7-16(19)8-15(12)11-18(17(20)21)9-13-4-2-3-5-14(13)10-18/h2-8H,9-11H2,1H3,(H,20,21). The summed E-state index contributed by atoms with van der Waals surface area (Å²) >= 11 is 0. The van der Waals surface area contributed by atoms with Crippen molar-refractivity contribution in [2.75, 3.05) is 0 Å². The third-order valence-corrected chi connectivity index (χ3v) is 4.47.